The van der Waals surface area contributed by atoms with E-state index in [9.17, 15) is 9.59 Å². The lowest BCUT2D eigenvalue weighted by Gasteiger charge is -2.17. The molecule has 6 heteroatoms. The molecule has 2 rings (SSSR count). The smallest absolute Gasteiger partial charge is 0.255 e. The van der Waals surface area contributed by atoms with Crippen molar-refractivity contribution in [2.24, 2.45) is 0 Å². The van der Waals surface area contributed by atoms with E-state index in [1.165, 1.54) is 6.92 Å². The zero-order chi connectivity index (χ0) is 18.2. The number of aromatic nitrogens is 1. The van der Waals surface area contributed by atoms with E-state index in [1.807, 2.05) is 24.3 Å². The minimum atomic E-state index is -0.124. The highest BCUT2D eigenvalue weighted by Crippen LogP contribution is 2.20. The molecule has 0 aliphatic carbocycles. The van der Waals surface area contributed by atoms with Crippen molar-refractivity contribution in [1.82, 2.24) is 9.88 Å². The Morgan fingerprint density at radius 1 is 1.12 bits per heavy atom. The molecule has 2 N–H and O–H groups in total. The summed E-state index contributed by atoms with van der Waals surface area (Å²) < 4.78 is 0. The number of unbranched alkanes of at least 4 members (excludes halogenated alkanes) is 1. The summed E-state index contributed by atoms with van der Waals surface area (Å²) >= 11 is 0. The summed E-state index contributed by atoms with van der Waals surface area (Å²) in [6, 6.07) is 9.14. The summed E-state index contributed by atoms with van der Waals surface area (Å²) in [7, 11) is 1.80. The van der Waals surface area contributed by atoms with E-state index in [0.717, 1.165) is 30.8 Å². The van der Waals surface area contributed by atoms with Crippen molar-refractivity contribution in [2.45, 2.75) is 26.7 Å². The molecule has 0 bridgehead atoms. The number of rotatable bonds is 7. The van der Waals surface area contributed by atoms with Crippen molar-refractivity contribution >= 4 is 28.9 Å². The van der Waals surface area contributed by atoms with E-state index in [0.29, 0.717) is 11.3 Å². The second-order valence-electron chi connectivity index (χ2n) is 5.93. The molecule has 2 amide bonds. The fraction of sp³-hybridized carbons (Fsp3) is 0.316. The number of hydrogen-bond acceptors (Lipinski definition) is 4. The van der Waals surface area contributed by atoms with E-state index in [-0.39, 0.29) is 11.8 Å². The number of nitrogens with zero attached hydrogens (tertiary/aromatic N) is 2. The van der Waals surface area contributed by atoms with Crippen LogP contribution >= 0.6 is 0 Å². The number of hydrogen-bond donors (Lipinski definition) is 2. The number of carbonyl (C=O) groups is 2. The summed E-state index contributed by atoms with van der Waals surface area (Å²) in [6.07, 6.45) is 5.25. The van der Waals surface area contributed by atoms with Crippen LogP contribution < -0.4 is 10.6 Å². The summed E-state index contributed by atoms with van der Waals surface area (Å²) in [5.41, 5.74) is 2.77. The first kappa shape index (κ1) is 18.4. The molecule has 0 atom stereocenters. The monoisotopic (exact) mass is 340 g/mol. The lowest BCUT2D eigenvalue weighted by atomic mass is 10.2. The van der Waals surface area contributed by atoms with Crippen LogP contribution in [0.2, 0.25) is 0 Å². The predicted molar refractivity (Wildman–Crippen MR) is 100 cm³/mol. The normalized spacial score (nSPS) is 10.2. The van der Waals surface area contributed by atoms with Crippen LogP contribution in [0, 0.1) is 0 Å². The van der Waals surface area contributed by atoms with Crippen LogP contribution in [0.15, 0.2) is 42.7 Å². The molecule has 1 aromatic carbocycles. The Bertz CT molecular complexity index is 746. The molecule has 0 unspecified atom stereocenters. The van der Waals surface area contributed by atoms with Crippen molar-refractivity contribution in [3.05, 3.63) is 48.3 Å². The average molecular weight is 340 g/mol. The lowest BCUT2D eigenvalue weighted by Crippen LogP contribution is -2.27. The van der Waals surface area contributed by atoms with Gasteiger partial charge in [0.2, 0.25) is 5.91 Å². The maximum atomic E-state index is 12.4. The molecule has 0 radical (unpaired) electrons. The van der Waals surface area contributed by atoms with E-state index in [1.54, 1.807) is 30.4 Å². The Morgan fingerprint density at radius 2 is 1.88 bits per heavy atom. The lowest BCUT2D eigenvalue weighted by molar-refractivity contribution is -0.114. The number of carbonyl (C=O) groups excluding carboxylic acids is 2. The summed E-state index contributed by atoms with van der Waals surface area (Å²) in [5, 5.41) is 5.95. The number of anilines is 3. The minimum absolute atomic E-state index is 0.0448. The van der Waals surface area contributed by atoms with Crippen molar-refractivity contribution in [3.63, 3.8) is 0 Å². The molecule has 2 aromatic rings. The summed E-state index contributed by atoms with van der Waals surface area (Å²) in [5.74, 6) is -0.168. The molecule has 0 aliphatic rings. The number of nitrogens with one attached hydrogen (secondary N) is 2. The highest BCUT2D eigenvalue weighted by Gasteiger charge is 2.12. The first-order chi connectivity index (χ1) is 12.0. The molecule has 0 fully saturated rings. The maximum Gasteiger partial charge on any atom is 0.255 e. The molecular formula is C19H24N4O2. The molecule has 0 aliphatic heterocycles. The molecule has 0 spiro atoms. The SMILES string of the molecule is CCCCN(C)C(=O)c1cncc(Nc2cccc(NC(C)=O)c2)c1. The van der Waals surface area contributed by atoms with Gasteiger partial charge < -0.3 is 15.5 Å². The van der Waals surface area contributed by atoms with E-state index >= 15 is 0 Å². The summed E-state index contributed by atoms with van der Waals surface area (Å²) in [4.78, 5) is 29.5. The molecule has 25 heavy (non-hydrogen) atoms. The van der Waals surface area contributed by atoms with Crippen molar-refractivity contribution in [3.8, 4) is 0 Å². The fourth-order valence-electron chi connectivity index (χ4n) is 2.39. The Hall–Kier alpha value is -2.89. The van der Waals surface area contributed by atoms with Gasteiger partial charge in [-0.25, -0.2) is 0 Å². The summed E-state index contributed by atoms with van der Waals surface area (Å²) in [6.45, 7) is 4.29. The predicted octanol–water partition coefficient (Wildman–Crippen LogP) is 3.66. The van der Waals surface area contributed by atoms with Crippen molar-refractivity contribution < 1.29 is 9.59 Å². The highest BCUT2D eigenvalue weighted by molar-refractivity contribution is 5.94. The van der Waals surface area contributed by atoms with Crippen molar-refractivity contribution in [1.29, 1.82) is 0 Å². The van der Waals surface area contributed by atoms with Gasteiger partial charge in [0.1, 0.15) is 0 Å². The number of pyridine rings is 1. The molecule has 6 nitrogen and oxygen atoms in total. The van der Waals surface area contributed by atoms with Crippen LogP contribution in [-0.4, -0.2) is 35.3 Å². The molecule has 1 heterocycles. The second-order valence-corrected chi connectivity index (χ2v) is 5.93. The van der Waals surface area contributed by atoms with Crippen LogP contribution in [-0.2, 0) is 4.79 Å². The van der Waals surface area contributed by atoms with Crippen LogP contribution in [0.4, 0.5) is 17.1 Å². The second kappa shape index (κ2) is 8.82. The first-order valence-electron chi connectivity index (χ1n) is 8.34. The Labute approximate surface area is 148 Å². The Balaban J connectivity index is 2.11. The van der Waals surface area contributed by atoms with Gasteiger partial charge >= 0.3 is 0 Å². The number of amides is 2. The number of benzene rings is 1. The topological polar surface area (TPSA) is 74.3 Å². The van der Waals surface area contributed by atoms with E-state index in [2.05, 4.69) is 22.5 Å². The third kappa shape index (κ3) is 5.60. The van der Waals surface area contributed by atoms with Crippen molar-refractivity contribution in [2.75, 3.05) is 24.2 Å². The molecule has 132 valence electrons. The van der Waals surface area contributed by atoms with E-state index < -0.39 is 0 Å². The first-order valence-corrected chi connectivity index (χ1v) is 8.34. The molecule has 0 saturated carbocycles. The van der Waals surface area contributed by atoms with Crippen LogP contribution in [0.25, 0.3) is 0 Å². The quantitative estimate of drug-likeness (QED) is 0.807. The molecule has 0 saturated heterocycles. The Morgan fingerprint density at radius 3 is 2.60 bits per heavy atom. The van der Waals surface area contributed by atoms with Crippen LogP contribution in [0.3, 0.4) is 0 Å². The standard InChI is InChI=1S/C19H24N4O2/c1-4-5-9-23(3)19(25)15-10-18(13-20-12-15)22-17-8-6-7-16(11-17)21-14(2)24/h6-8,10-13,22H,4-5,9H2,1-3H3,(H,21,24). The fourth-order valence-corrected chi connectivity index (χ4v) is 2.39. The van der Waals surface area contributed by atoms with Gasteiger partial charge in [0, 0.05) is 38.1 Å². The highest BCUT2D eigenvalue weighted by atomic mass is 16.2. The van der Waals surface area contributed by atoms with Crippen LogP contribution in [0.1, 0.15) is 37.0 Å². The molecular weight excluding hydrogens is 316 g/mol. The largest absolute Gasteiger partial charge is 0.354 e. The molecule has 1 aromatic heterocycles. The van der Waals surface area contributed by atoms with Gasteiger partial charge in [-0.05, 0) is 30.7 Å². The van der Waals surface area contributed by atoms with Gasteiger partial charge in [-0.15, -0.1) is 0 Å². The zero-order valence-electron chi connectivity index (χ0n) is 14.9. The van der Waals surface area contributed by atoms with Gasteiger partial charge in [0.05, 0.1) is 17.4 Å². The van der Waals surface area contributed by atoms with Crippen LogP contribution in [0.5, 0.6) is 0 Å². The van der Waals surface area contributed by atoms with Gasteiger partial charge in [0.25, 0.3) is 5.91 Å². The third-order valence-electron chi connectivity index (χ3n) is 3.65. The van der Waals surface area contributed by atoms with Gasteiger partial charge in [0.15, 0.2) is 0 Å². The Kier molecular flexibility index (Phi) is 6.51. The van der Waals surface area contributed by atoms with Gasteiger partial charge in [-0.2, -0.15) is 0 Å². The van der Waals surface area contributed by atoms with E-state index in [4.69, 9.17) is 0 Å². The van der Waals surface area contributed by atoms with Gasteiger partial charge in [-0.1, -0.05) is 19.4 Å². The average Bonchev–Trinajstić information content (AvgIpc) is 2.59. The van der Waals surface area contributed by atoms with Gasteiger partial charge in [-0.3, -0.25) is 14.6 Å². The zero-order valence-corrected chi connectivity index (χ0v) is 14.9. The maximum absolute atomic E-state index is 12.4. The third-order valence-corrected chi connectivity index (χ3v) is 3.65. The minimum Gasteiger partial charge on any atom is -0.354 e.